The predicted octanol–water partition coefficient (Wildman–Crippen LogP) is 2.31. The highest BCUT2D eigenvalue weighted by molar-refractivity contribution is 5.82. The van der Waals surface area contributed by atoms with Gasteiger partial charge in [-0.15, -0.1) is 0 Å². The first kappa shape index (κ1) is 15.8. The summed E-state index contributed by atoms with van der Waals surface area (Å²) < 4.78 is 5.03. The first-order chi connectivity index (χ1) is 9.74. The Balaban J connectivity index is 1.86. The maximum absolute atomic E-state index is 12.6. The van der Waals surface area contributed by atoms with Gasteiger partial charge in [-0.05, 0) is 44.4 Å². The molecule has 0 aromatic carbocycles. The minimum atomic E-state index is -0.339. The molecule has 2 atom stereocenters. The molecule has 4 nitrogen and oxygen atoms in total. The van der Waals surface area contributed by atoms with Gasteiger partial charge in [0.15, 0.2) is 0 Å². The van der Waals surface area contributed by atoms with Crippen LogP contribution in [-0.4, -0.2) is 43.2 Å². The van der Waals surface area contributed by atoms with Gasteiger partial charge in [-0.3, -0.25) is 4.79 Å². The van der Waals surface area contributed by atoms with Crippen LogP contribution in [0.3, 0.4) is 0 Å². The molecule has 2 fully saturated rings. The van der Waals surface area contributed by atoms with Crippen molar-refractivity contribution >= 4 is 5.91 Å². The van der Waals surface area contributed by atoms with Crippen LogP contribution in [0.2, 0.25) is 0 Å². The summed E-state index contributed by atoms with van der Waals surface area (Å²) in [5, 5.41) is 0. The summed E-state index contributed by atoms with van der Waals surface area (Å²) in [5.74, 6) is 0.899. The van der Waals surface area contributed by atoms with Crippen LogP contribution in [0.4, 0.5) is 0 Å². The van der Waals surface area contributed by atoms with E-state index in [0.29, 0.717) is 12.6 Å². The van der Waals surface area contributed by atoms with E-state index in [2.05, 4.69) is 4.90 Å². The third-order valence-electron chi connectivity index (χ3n) is 4.96. The molecule has 1 saturated carbocycles. The third kappa shape index (κ3) is 3.95. The van der Waals surface area contributed by atoms with Crippen molar-refractivity contribution in [1.29, 1.82) is 0 Å². The number of carbonyl (C=O) groups excluding carboxylic acids is 1. The molecule has 1 saturated heterocycles. The second-order valence-corrected chi connectivity index (χ2v) is 6.38. The van der Waals surface area contributed by atoms with Crippen molar-refractivity contribution in [1.82, 2.24) is 4.90 Å². The molecule has 2 aliphatic rings. The fourth-order valence-electron chi connectivity index (χ4n) is 3.86. The van der Waals surface area contributed by atoms with Crippen LogP contribution >= 0.6 is 0 Å². The molecule has 0 spiro atoms. The van der Waals surface area contributed by atoms with Gasteiger partial charge in [0, 0.05) is 26.3 Å². The van der Waals surface area contributed by atoms with Gasteiger partial charge >= 0.3 is 0 Å². The van der Waals surface area contributed by atoms with E-state index < -0.39 is 0 Å². The van der Waals surface area contributed by atoms with E-state index in [9.17, 15) is 4.79 Å². The normalized spacial score (nSPS) is 25.9. The maximum atomic E-state index is 12.6. The van der Waals surface area contributed by atoms with E-state index in [1.165, 1.54) is 38.5 Å². The Hall–Kier alpha value is -0.610. The van der Waals surface area contributed by atoms with Crippen molar-refractivity contribution < 1.29 is 9.53 Å². The highest BCUT2D eigenvalue weighted by Gasteiger charge is 2.36. The molecular formula is C16H30N2O2. The number of ether oxygens (including phenoxy) is 1. The number of likely N-dealkylation sites (tertiary alicyclic amines) is 1. The Bertz CT molecular complexity index is 303. The number of nitrogens with zero attached hydrogens (tertiary/aromatic N) is 1. The van der Waals surface area contributed by atoms with Crippen LogP contribution < -0.4 is 5.73 Å². The quantitative estimate of drug-likeness (QED) is 0.761. The molecule has 2 rings (SSSR count). The van der Waals surface area contributed by atoms with Crippen LogP contribution in [0.25, 0.3) is 0 Å². The van der Waals surface area contributed by atoms with Gasteiger partial charge in [0.2, 0.25) is 5.91 Å². The highest BCUT2D eigenvalue weighted by Crippen LogP contribution is 2.34. The molecule has 0 aromatic heterocycles. The van der Waals surface area contributed by atoms with Crippen molar-refractivity contribution in [3.05, 3.63) is 0 Å². The molecule has 2 N–H and O–H groups in total. The zero-order valence-corrected chi connectivity index (χ0v) is 12.9. The molecule has 20 heavy (non-hydrogen) atoms. The van der Waals surface area contributed by atoms with E-state index in [4.69, 9.17) is 10.5 Å². The standard InChI is InChI=1S/C16H30N2O2/c1-20-12-6-9-14(17)16(19)18-11-5-10-15(18)13-7-3-2-4-8-13/h13-15H,2-12,17H2,1H3. The lowest BCUT2D eigenvalue weighted by Crippen LogP contribution is -2.48. The Morgan fingerprint density at radius 1 is 1.25 bits per heavy atom. The summed E-state index contributed by atoms with van der Waals surface area (Å²) in [6.45, 7) is 1.60. The second kappa shape index (κ2) is 7.99. The van der Waals surface area contributed by atoms with Crippen molar-refractivity contribution in [2.45, 2.75) is 69.9 Å². The van der Waals surface area contributed by atoms with Gasteiger partial charge in [0.25, 0.3) is 0 Å². The molecule has 0 aromatic rings. The second-order valence-electron chi connectivity index (χ2n) is 6.38. The molecule has 4 heteroatoms. The van der Waals surface area contributed by atoms with Gasteiger partial charge in [-0.2, -0.15) is 0 Å². The molecular weight excluding hydrogens is 252 g/mol. The van der Waals surface area contributed by atoms with Crippen molar-refractivity contribution in [2.24, 2.45) is 11.7 Å². The van der Waals surface area contributed by atoms with Crippen LogP contribution in [0.1, 0.15) is 57.8 Å². The van der Waals surface area contributed by atoms with Crippen LogP contribution in [-0.2, 0) is 9.53 Å². The number of rotatable bonds is 6. The van der Waals surface area contributed by atoms with Crippen molar-refractivity contribution in [3.63, 3.8) is 0 Å². The van der Waals surface area contributed by atoms with E-state index in [-0.39, 0.29) is 11.9 Å². The average Bonchev–Trinajstić information content (AvgIpc) is 2.97. The predicted molar refractivity (Wildman–Crippen MR) is 80.4 cm³/mol. The van der Waals surface area contributed by atoms with Gasteiger partial charge in [-0.1, -0.05) is 19.3 Å². The van der Waals surface area contributed by atoms with Crippen molar-refractivity contribution in [3.8, 4) is 0 Å². The summed E-state index contributed by atoms with van der Waals surface area (Å²) in [6, 6.07) is 0.130. The topological polar surface area (TPSA) is 55.6 Å². The Morgan fingerprint density at radius 2 is 2.00 bits per heavy atom. The van der Waals surface area contributed by atoms with Gasteiger partial charge in [0.1, 0.15) is 0 Å². The smallest absolute Gasteiger partial charge is 0.239 e. The molecule has 0 bridgehead atoms. The third-order valence-corrected chi connectivity index (χ3v) is 4.96. The molecule has 0 radical (unpaired) electrons. The lowest BCUT2D eigenvalue weighted by molar-refractivity contribution is -0.134. The zero-order valence-electron chi connectivity index (χ0n) is 12.9. The zero-order chi connectivity index (χ0) is 14.4. The highest BCUT2D eigenvalue weighted by atomic mass is 16.5. The Kier molecular flexibility index (Phi) is 6.30. The summed E-state index contributed by atoms with van der Waals surface area (Å²) >= 11 is 0. The van der Waals surface area contributed by atoms with Crippen molar-refractivity contribution in [2.75, 3.05) is 20.3 Å². The molecule has 2 unspecified atom stereocenters. The number of carbonyl (C=O) groups is 1. The van der Waals surface area contributed by atoms with Crippen LogP contribution in [0.15, 0.2) is 0 Å². The Labute approximate surface area is 123 Å². The summed E-state index contributed by atoms with van der Waals surface area (Å²) in [7, 11) is 1.69. The molecule has 116 valence electrons. The average molecular weight is 282 g/mol. The number of hydrogen-bond donors (Lipinski definition) is 1. The summed E-state index contributed by atoms with van der Waals surface area (Å²) in [6.07, 6.45) is 10.6. The lowest BCUT2D eigenvalue weighted by atomic mass is 9.83. The van der Waals surface area contributed by atoms with Gasteiger partial charge < -0.3 is 15.4 Å². The number of nitrogens with two attached hydrogens (primary N) is 1. The van der Waals surface area contributed by atoms with Gasteiger partial charge in [-0.25, -0.2) is 0 Å². The van der Waals surface area contributed by atoms with E-state index >= 15 is 0 Å². The molecule has 1 heterocycles. The Morgan fingerprint density at radius 3 is 2.70 bits per heavy atom. The monoisotopic (exact) mass is 282 g/mol. The largest absolute Gasteiger partial charge is 0.385 e. The molecule has 1 aliphatic carbocycles. The van der Waals surface area contributed by atoms with E-state index in [1.54, 1.807) is 7.11 Å². The first-order valence-corrected chi connectivity index (χ1v) is 8.29. The van der Waals surface area contributed by atoms with E-state index in [0.717, 1.165) is 31.7 Å². The minimum absolute atomic E-state index is 0.175. The minimum Gasteiger partial charge on any atom is -0.385 e. The van der Waals surface area contributed by atoms with Crippen LogP contribution in [0.5, 0.6) is 0 Å². The number of amides is 1. The number of methoxy groups -OCH3 is 1. The van der Waals surface area contributed by atoms with Gasteiger partial charge in [0.05, 0.1) is 6.04 Å². The molecule has 1 aliphatic heterocycles. The maximum Gasteiger partial charge on any atom is 0.239 e. The summed E-state index contributed by atoms with van der Waals surface area (Å²) in [5.41, 5.74) is 6.08. The lowest BCUT2D eigenvalue weighted by Gasteiger charge is -2.35. The fourth-order valence-corrected chi connectivity index (χ4v) is 3.86. The first-order valence-electron chi connectivity index (χ1n) is 8.29. The van der Waals surface area contributed by atoms with E-state index in [1.807, 2.05) is 0 Å². The van der Waals surface area contributed by atoms with Crippen LogP contribution in [0, 0.1) is 5.92 Å². The SMILES string of the molecule is COCCCC(N)C(=O)N1CCCC1C1CCCCC1. The fraction of sp³-hybridized carbons (Fsp3) is 0.938. The summed E-state index contributed by atoms with van der Waals surface area (Å²) in [4.78, 5) is 14.7. The number of hydrogen-bond acceptors (Lipinski definition) is 3. The molecule has 1 amide bonds.